The molecule has 1 aromatic rings. The van der Waals surface area contributed by atoms with Crippen molar-refractivity contribution in [2.24, 2.45) is 5.73 Å². The minimum atomic E-state index is -0.975. The number of benzene rings is 1. The highest BCUT2D eigenvalue weighted by atomic mass is 16.4. The van der Waals surface area contributed by atoms with Gasteiger partial charge in [-0.1, -0.05) is 12.1 Å². The Morgan fingerprint density at radius 2 is 1.89 bits per heavy atom. The summed E-state index contributed by atoms with van der Waals surface area (Å²) >= 11 is 0. The van der Waals surface area contributed by atoms with E-state index in [4.69, 9.17) is 10.8 Å². The predicted octanol–water partition coefficient (Wildman–Crippen LogP) is 1.38. The zero-order chi connectivity index (χ0) is 13.5. The standard InChI is InChI=1S/C13H18N2O3/c1-9(14)8-10-2-4-11(5-3-10)15-12(16)6-7-13(17)18/h2-5,9H,6-8,14H2,1H3,(H,15,16)(H,17,18)/t9-/m0/s1. The first-order chi connectivity index (χ1) is 8.47. The fraction of sp³-hybridized carbons (Fsp3) is 0.385. The lowest BCUT2D eigenvalue weighted by Crippen LogP contribution is -2.17. The molecule has 1 aromatic carbocycles. The largest absolute Gasteiger partial charge is 0.481 e. The van der Waals surface area contributed by atoms with Crippen molar-refractivity contribution in [2.45, 2.75) is 32.2 Å². The summed E-state index contributed by atoms with van der Waals surface area (Å²) in [5.41, 5.74) is 7.46. The number of aliphatic carboxylic acids is 1. The molecule has 1 rings (SSSR count). The van der Waals surface area contributed by atoms with Crippen LogP contribution >= 0.6 is 0 Å². The molecule has 18 heavy (non-hydrogen) atoms. The van der Waals surface area contributed by atoms with E-state index in [0.717, 1.165) is 12.0 Å². The van der Waals surface area contributed by atoms with Gasteiger partial charge in [0.15, 0.2) is 0 Å². The molecule has 0 unspecified atom stereocenters. The van der Waals surface area contributed by atoms with Crippen LogP contribution in [0.15, 0.2) is 24.3 Å². The molecule has 0 spiro atoms. The Morgan fingerprint density at radius 3 is 2.39 bits per heavy atom. The SMILES string of the molecule is C[C@H](N)Cc1ccc(NC(=O)CCC(=O)O)cc1. The Bertz CT molecular complexity index is 413. The van der Waals surface area contributed by atoms with E-state index >= 15 is 0 Å². The lowest BCUT2D eigenvalue weighted by molar-refractivity contribution is -0.138. The van der Waals surface area contributed by atoms with Crippen LogP contribution in [0.25, 0.3) is 0 Å². The van der Waals surface area contributed by atoms with Crippen molar-refractivity contribution >= 4 is 17.6 Å². The van der Waals surface area contributed by atoms with Crippen LogP contribution in [0.3, 0.4) is 0 Å². The molecular formula is C13H18N2O3. The molecule has 0 aliphatic rings. The molecule has 4 N–H and O–H groups in total. The van der Waals surface area contributed by atoms with Crippen LogP contribution in [0.4, 0.5) is 5.69 Å². The van der Waals surface area contributed by atoms with Gasteiger partial charge in [0, 0.05) is 18.2 Å². The molecule has 0 saturated carbocycles. The van der Waals surface area contributed by atoms with E-state index in [9.17, 15) is 9.59 Å². The van der Waals surface area contributed by atoms with Gasteiger partial charge in [-0.3, -0.25) is 9.59 Å². The fourth-order valence-corrected chi connectivity index (χ4v) is 1.54. The molecule has 0 fully saturated rings. The number of nitrogens with one attached hydrogen (secondary N) is 1. The third kappa shape index (κ3) is 5.45. The van der Waals surface area contributed by atoms with Crippen molar-refractivity contribution in [3.8, 4) is 0 Å². The molecule has 1 amide bonds. The quantitative estimate of drug-likeness (QED) is 0.711. The molecule has 0 aliphatic carbocycles. The third-order valence-electron chi connectivity index (χ3n) is 2.36. The van der Waals surface area contributed by atoms with Gasteiger partial charge in [0.05, 0.1) is 6.42 Å². The summed E-state index contributed by atoms with van der Waals surface area (Å²) in [5, 5.41) is 11.1. The number of hydrogen-bond acceptors (Lipinski definition) is 3. The maximum Gasteiger partial charge on any atom is 0.303 e. The molecule has 1 atom stereocenters. The minimum Gasteiger partial charge on any atom is -0.481 e. The number of carbonyl (C=O) groups excluding carboxylic acids is 1. The van der Waals surface area contributed by atoms with Gasteiger partial charge in [-0.05, 0) is 31.0 Å². The van der Waals surface area contributed by atoms with Crippen LogP contribution in [0, 0.1) is 0 Å². The zero-order valence-electron chi connectivity index (χ0n) is 10.3. The Hall–Kier alpha value is -1.88. The Labute approximate surface area is 106 Å². The second-order valence-electron chi connectivity index (χ2n) is 4.32. The van der Waals surface area contributed by atoms with Crippen LogP contribution in [0.5, 0.6) is 0 Å². The summed E-state index contributed by atoms with van der Waals surface area (Å²) in [7, 11) is 0. The van der Waals surface area contributed by atoms with Gasteiger partial charge in [-0.15, -0.1) is 0 Å². The highest BCUT2D eigenvalue weighted by molar-refractivity contribution is 5.92. The van der Waals surface area contributed by atoms with E-state index in [-0.39, 0.29) is 24.8 Å². The predicted molar refractivity (Wildman–Crippen MR) is 69.3 cm³/mol. The van der Waals surface area contributed by atoms with Crippen molar-refractivity contribution < 1.29 is 14.7 Å². The maximum atomic E-state index is 11.4. The van der Waals surface area contributed by atoms with E-state index in [0.29, 0.717) is 5.69 Å². The highest BCUT2D eigenvalue weighted by Crippen LogP contribution is 2.11. The van der Waals surface area contributed by atoms with Gasteiger partial charge in [0.1, 0.15) is 0 Å². The summed E-state index contributed by atoms with van der Waals surface area (Å²) in [5.74, 6) is -1.27. The Kier molecular flexibility index (Phi) is 5.32. The molecule has 0 aromatic heterocycles. The van der Waals surface area contributed by atoms with Crippen LogP contribution in [-0.4, -0.2) is 23.0 Å². The average molecular weight is 250 g/mol. The summed E-state index contributed by atoms with van der Waals surface area (Å²) in [6.07, 6.45) is 0.610. The lowest BCUT2D eigenvalue weighted by Gasteiger charge is -2.07. The molecular weight excluding hydrogens is 232 g/mol. The van der Waals surface area contributed by atoms with Gasteiger partial charge in [-0.25, -0.2) is 0 Å². The molecule has 0 radical (unpaired) electrons. The number of carboxylic acids is 1. The molecule has 5 heteroatoms. The highest BCUT2D eigenvalue weighted by Gasteiger charge is 2.05. The number of hydrogen-bond donors (Lipinski definition) is 3. The molecule has 0 heterocycles. The van der Waals surface area contributed by atoms with Crippen molar-refractivity contribution in [2.75, 3.05) is 5.32 Å². The maximum absolute atomic E-state index is 11.4. The Balaban J connectivity index is 2.48. The van der Waals surface area contributed by atoms with Crippen molar-refractivity contribution in [3.63, 3.8) is 0 Å². The first kappa shape index (κ1) is 14.2. The number of nitrogens with two attached hydrogens (primary N) is 1. The summed E-state index contributed by atoms with van der Waals surface area (Å²) in [6.45, 7) is 1.93. The van der Waals surface area contributed by atoms with Crippen molar-refractivity contribution in [3.05, 3.63) is 29.8 Å². The van der Waals surface area contributed by atoms with Crippen molar-refractivity contribution in [1.29, 1.82) is 0 Å². The summed E-state index contributed by atoms with van der Waals surface area (Å²) < 4.78 is 0. The van der Waals surface area contributed by atoms with Gasteiger partial charge in [0.2, 0.25) is 5.91 Å². The summed E-state index contributed by atoms with van der Waals surface area (Å²) in [4.78, 5) is 21.7. The molecule has 98 valence electrons. The van der Waals surface area contributed by atoms with E-state index in [1.165, 1.54) is 0 Å². The average Bonchev–Trinajstić information content (AvgIpc) is 2.28. The first-order valence-corrected chi connectivity index (χ1v) is 5.83. The van der Waals surface area contributed by atoms with Crippen LogP contribution in [-0.2, 0) is 16.0 Å². The third-order valence-corrected chi connectivity index (χ3v) is 2.36. The number of carboxylic acid groups (broad SMARTS) is 1. The molecule has 0 aliphatic heterocycles. The lowest BCUT2D eigenvalue weighted by atomic mass is 10.1. The normalized spacial score (nSPS) is 11.9. The van der Waals surface area contributed by atoms with Crippen LogP contribution < -0.4 is 11.1 Å². The molecule has 0 bridgehead atoms. The first-order valence-electron chi connectivity index (χ1n) is 5.83. The number of carbonyl (C=O) groups is 2. The Morgan fingerprint density at radius 1 is 1.28 bits per heavy atom. The second kappa shape index (κ2) is 6.76. The van der Waals surface area contributed by atoms with E-state index in [2.05, 4.69) is 5.32 Å². The topological polar surface area (TPSA) is 92.4 Å². The molecule has 0 saturated heterocycles. The van der Waals surface area contributed by atoms with E-state index < -0.39 is 5.97 Å². The molecule has 5 nitrogen and oxygen atoms in total. The monoisotopic (exact) mass is 250 g/mol. The number of amides is 1. The van der Waals surface area contributed by atoms with E-state index in [1.807, 2.05) is 19.1 Å². The number of rotatable bonds is 6. The van der Waals surface area contributed by atoms with Gasteiger partial charge >= 0.3 is 5.97 Å². The van der Waals surface area contributed by atoms with Gasteiger partial charge < -0.3 is 16.2 Å². The minimum absolute atomic E-state index is 0.0169. The van der Waals surface area contributed by atoms with Crippen LogP contribution in [0.2, 0.25) is 0 Å². The van der Waals surface area contributed by atoms with Gasteiger partial charge in [-0.2, -0.15) is 0 Å². The number of anilines is 1. The zero-order valence-corrected chi connectivity index (χ0v) is 10.3. The van der Waals surface area contributed by atoms with Gasteiger partial charge in [0.25, 0.3) is 0 Å². The van der Waals surface area contributed by atoms with Crippen molar-refractivity contribution in [1.82, 2.24) is 0 Å². The van der Waals surface area contributed by atoms with E-state index in [1.54, 1.807) is 12.1 Å². The van der Waals surface area contributed by atoms with Crippen LogP contribution in [0.1, 0.15) is 25.3 Å². The fourth-order valence-electron chi connectivity index (χ4n) is 1.54. The smallest absolute Gasteiger partial charge is 0.303 e. The second-order valence-corrected chi connectivity index (χ2v) is 4.32. The summed E-state index contributed by atoms with van der Waals surface area (Å²) in [6, 6.07) is 7.47.